The molecule has 48 heavy (non-hydrogen) atoms. The maximum atomic E-state index is 6.59. The Morgan fingerprint density at radius 2 is 0.792 bits per heavy atom. The van der Waals surface area contributed by atoms with E-state index in [0.717, 1.165) is 60.6 Å². The van der Waals surface area contributed by atoms with Gasteiger partial charge >= 0.3 is 0 Å². The fourth-order valence-corrected chi connectivity index (χ4v) is 8.06. The van der Waals surface area contributed by atoms with Crippen LogP contribution < -0.4 is 0 Å². The summed E-state index contributed by atoms with van der Waals surface area (Å²) >= 11 is 0. The highest BCUT2D eigenvalue weighted by Gasteiger charge is 2.20. The van der Waals surface area contributed by atoms with Gasteiger partial charge in [-0.3, -0.25) is 0 Å². The molecule has 0 spiro atoms. The molecule has 9 aromatic carbocycles. The molecule has 0 atom stereocenters. The summed E-state index contributed by atoms with van der Waals surface area (Å²) in [5, 5.41) is 12.2. The second kappa shape index (κ2) is 9.57. The van der Waals surface area contributed by atoms with Gasteiger partial charge in [0, 0.05) is 32.7 Å². The number of rotatable bonds is 3. The molecule has 0 radical (unpaired) electrons. The maximum absolute atomic E-state index is 6.59. The Morgan fingerprint density at radius 1 is 0.292 bits per heavy atom. The van der Waals surface area contributed by atoms with Crippen LogP contribution in [0, 0.1) is 0 Å². The molecule has 0 saturated heterocycles. The summed E-state index contributed by atoms with van der Waals surface area (Å²) in [5.74, 6) is 0. The van der Waals surface area contributed by atoms with E-state index >= 15 is 0 Å². The van der Waals surface area contributed by atoms with Crippen LogP contribution in [0.25, 0.3) is 110 Å². The smallest absolute Gasteiger partial charge is 0.143 e. The van der Waals surface area contributed by atoms with Crippen molar-refractivity contribution in [1.29, 1.82) is 0 Å². The molecule has 222 valence electrons. The van der Waals surface area contributed by atoms with Crippen LogP contribution in [0.1, 0.15) is 0 Å². The molecule has 0 aliphatic rings. The lowest BCUT2D eigenvalue weighted by atomic mass is 9.85. The summed E-state index contributed by atoms with van der Waals surface area (Å²) in [6.07, 6.45) is 0. The summed E-state index contributed by atoms with van der Waals surface area (Å²) in [6, 6.07) is 56.6. The first-order valence-corrected chi connectivity index (χ1v) is 16.4. The Labute approximate surface area is 275 Å². The van der Waals surface area contributed by atoms with Crippen molar-refractivity contribution in [3.63, 3.8) is 0 Å². The fourth-order valence-electron chi connectivity index (χ4n) is 8.06. The van der Waals surface area contributed by atoms with E-state index in [0.29, 0.717) is 0 Å². The summed E-state index contributed by atoms with van der Waals surface area (Å²) in [7, 11) is 0. The van der Waals surface area contributed by atoms with Gasteiger partial charge < -0.3 is 8.83 Å². The second-order valence-electron chi connectivity index (χ2n) is 12.8. The molecule has 2 aromatic heterocycles. The Kier molecular flexibility index (Phi) is 5.14. The van der Waals surface area contributed by atoms with Gasteiger partial charge in [0.1, 0.15) is 22.3 Å². The molecule has 11 rings (SSSR count). The first-order valence-electron chi connectivity index (χ1n) is 16.4. The van der Waals surface area contributed by atoms with Crippen LogP contribution in [-0.2, 0) is 0 Å². The molecule has 0 aliphatic carbocycles. The molecular weight excluding hydrogens is 585 g/mol. The normalized spacial score (nSPS) is 12.2. The summed E-state index contributed by atoms with van der Waals surface area (Å²) in [4.78, 5) is 0. The Bertz CT molecular complexity index is 3030. The standard InChI is InChI=1S/C46H26O2/c1-3-16-41-32(10-1)36-13-6-12-31(45(36)47-41)27-18-20-28(21-19-27)39-26-40(38-15-7-14-37-33-11-2-4-17-42(33)48-46(37)38)35-25-23-30-9-5-8-29-22-24-34(39)44(35)43(29)30/h1-26H. The molecule has 0 amide bonds. The summed E-state index contributed by atoms with van der Waals surface area (Å²) in [5.41, 5.74) is 10.6. The van der Waals surface area contributed by atoms with Crippen molar-refractivity contribution in [2.45, 2.75) is 0 Å². The van der Waals surface area contributed by atoms with Gasteiger partial charge in [-0.15, -0.1) is 0 Å². The minimum Gasteiger partial charge on any atom is -0.455 e. The largest absolute Gasteiger partial charge is 0.455 e. The molecule has 0 unspecified atom stereocenters. The van der Waals surface area contributed by atoms with Gasteiger partial charge in [-0.1, -0.05) is 140 Å². The topological polar surface area (TPSA) is 26.3 Å². The molecule has 0 fully saturated rings. The minimum absolute atomic E-state index is 0.910. The van der Waals surface area contributed by atoms with Crippen LogP contribution in [0.15, 0.2) is 167 Å². The summed E-state index contributed by atoms with van der Waals surface area (Å²) in [6.45, 7) is 0. The van der Waals surface area contributed by atoms with Crippen molar-refractivity contribution >= 4 is 76.2 Å². The van der Waals surface area contributed by atoms with Gasteiger partial charge in [0.05, 0.1) is 0 Å². The second-order valence-corrected chi connectivity index (χ2v) is 12.8. The van der Waals surface area contributed by atoms with Gasteiger partial charge in [-0.05, 0) is 72.8 Å². The Hall–Kier alpha value is -6.38. The molecule has 0 bridgehead atoms. The molecule has 11 aromatic rings. The van der Waals surface area contributed by atoms with E-state index in [1.54, 1.807) is 0 Å². The molecule has 0 N–H and O–H groups in total. The number of benzene rings is 9. The van der Waals surface area contributed by atoms with E-state index in [4.69, 9.17) is 8.83 Å². The number of hydrogen-bond acceptors (Lipinski definition) is 2. The zero-order valence-corrected chi connectivity index (χ0v) is 25.8. The summed E-state index contributed by atoms with van der Waals surface area (Å²) < 4.78 is 13.0. The third kappa shape index (κ3) is 3.52. The van der Waals surface area contributed by atoms with Gasteiger partial charge in [0.25, 0.3) is 0 Å². The van der Waals surface area contributed by atoms with Gasteiger partial charge in [-0.25, -0.2) is 0 Å². The van der Waals surface area contributed by atoms with Gasteiger partial charge in [-0.2, -0.15) is 0 Å². The average molecular weight is 611 g/mol. The van der Waals surface area contributed by atoms with Crippen LogP contribution in [0.4, 0.5) is 0 Å². The van der Waals surface area contributed by atoms with E-state index in [9.17, 15) is 0 Å². The fraction of sp³-hybridized carbons (Fsp3) is 0. The third-order valence-electron chi connectivity index (χ3n) is 10.3. The molecule has 2 nitrogen and oxygen atoms in total. The van der Waals surface area contributed by atoms with E-state index in [1.165, 1.54) is 49.0 Å². The van der Waals surface area contributed by atoms with Crippen LogP contribution in [-0.4, -0.2) is 0 Å². The van der Waals surface area contributed by atoms with E-state index in [1.807, 2.05) is 18.2 Å². The molecular formula is C46H26O2. The van der Waals surface area contributed by atoms with Crippen molar-refractivity contribution in [1.82, 2.24) is 0 Å². The van der Waals surface area contributed by atoms with Crippen LogP contribution in [0.2, 0.25) is 0 Å². The molecule has 2 heteroatoms. The molecule has 0 aliphatic heterocycles. The third-order valence-corrected chi connectivity index (χ3v) is 10.3. The zero-order chi connectivity index (χ0) is 31.3. The van der Waals surface area contributed by atoms with Gasteiger partial charge in [0.2, 0.25) is 0 Å². The van der Waals surface area contributed by atoms with Crippen molar-refractivity contribution in [2.24, 2.45) is 0 Å². The lowest BCUT2D eigenvalue weighted by Crippen LogP contribution is -1.91. The lowest BCUT2D eigenvalue weighted by molar-refractivity contribution is 0.669. The highest BCUT2D eigenvalue weighted by atomic mass is 16.3. The van der Waals surface area contributed by atoms with Crippen LogP contribution in [0.5, 0.6) is 0 Å². The minimum atomic E-state index is 0.910. The predicted octanol–water partition coefficient (Wildman–Crippen LogP) is 13.4. The van der Waals surface area contributed by atoms with E-state index < -0.39 is 0 Å². The number of para-hydroxylation sites is 4. The average Bonchev–Trinajstić information content (AvgIpc) is 3.73. The SMILES string of the molecule is c1cc2ccc3c(-c4ccc(-c5cccc6c5oc5ccccc56)cc4)cc(-c4cccc5c4oc4ccccc45)c4ccc(c1)c2c34. The molecule has 0 saturated carbocycles. The van der Waals surface area contributed by atoms with E-state index in [2.05, 4.69) is 140 Å². The Balaban J connectivity index is 1.17. The van der Waals surface area contributed by atoms with Crippen molar-refractivity contribution in [2.75, 3.05) is 0 Å². The van der Waals surface area contributed by atoms with E-state index in [-0.39, 0.29) is 0 Å². The zero-order valence-electron chi connectivity index (χ0n) is 25.8. The van der Waals surface area contributed by atoms with Crippen molar-refractivity contribution in [3.05, 3.63) is 158 Å². The highest BCUT2D eigenvalue weighted by Crippen LogP contribution is 2.46. The number of furan rings is 2. The predicted molar refractivity (Wildman–Crippen MR) is 201 cm³/mol. The first-order chi connectivity index (χ1) is 23.8. The van der Waals surface area contributed by atoms with Crippen LogP contribution in [0.3, 0.4) is 0 Å². The maximum Gasteiger partial charge on any atom is 0.143 e. The monoisotopic (exact) mass is 610 g/mol. The number of hydrogen-bond donors (Lipinski definition) is 0. The van der Waals surface area contributed by atoms with Gasteiger partial charge in [0.15, 0.2) is 0 Å². The number of fused-ring (bicyclic) bond motifs is 6. The Morgan fingerprint density at radius 3 is 1.44 bits per heavy atom. The van der Waals surface area contributed by atoms with Crippen molar-refractivity contribution < 1.29 is 8.83 Å². The highest BCUT2D eigenvalue weighted by molar-refractivity contribution is 6.29. The molecule has 2 heterocycles. The van der Waals surface area contributed by atoms with Crippen LogP contribution >= 0.6 is 0 Å². The van der Waals surface area contributed by atoms with Crippen molar-refractivity contribution in [3.8, 4) is 33.4 Å². The first kappa shape index (κ1) is 25.8. The quantitative estimate of drug-likeness (QED) is 0.186. The lowest BCUT2D eigenvalue weighted by Gasteiger charge is -2.18.